The van der Waals surface area contributed by atoms with Crippen molar-refractivity contribution in [3.05, 3.63) is 50.8 Å². The normalized spacial score (nSPS) is 17.6. The highest BCUT2D eigenvalue weighted by molar-refractivity contribution is 7.89. The second-order valence-corrected chi connectivity index (χ2v) is 12.7. The minimum absolute atomic E-state index is 0.0406. The Morgan fingerprint density at radius 2 is 1.81 bits per heavy atom. The molecule has 36 heavy (non-hydrogen) atoms. The molecule has 0 radical (unpaired) electrons. The summed E-state index contributed by atoms with van der Waals surface area (Å²) in [6.07, 6.45) is 3.96. The first kappa shape index (κ1) is 25.2. The molecule has 2 aliphatic rings. The Morgan fingerprint density at radius 3 is 2.50 bits per heavy atom. The number of piperazine rings is 1. The van der Waals surface area contributed by atoms with E-state index < -0.39 is 15.6 Å². The van der Waals surface area contributed by atoms with E-state index in [-0.39, 0.29) is 22.7 Å². The van der Waals surface area contributed by atoms with Gasteiger partial charge in [-0.25, -0.2) is 13.4 Å². The maximum absolute atomic E-state index is 13.5. The Bertz CT molecular complexity index is 1450. The molecule has 5 rings (SSSR count). The molecule has 0 N–H and O–H groups in total. The molecule has 3 aromatic rings. The van der Waals surface area contributed by atoms with Crippen LogP contribution in [-0.2, 0) is 21.4 Å². The lowest BCUT2D eigenvalue weighted by Crippen LogP contribution is -2.50. The summed E-state index contributed by atoms with van der Waals surface area (Å²) in [5, 5.41) is 0.753. The maximum atomic E-state index is 13.5. The highest BCUT2D eigenvalue weighted by Gasteiger charge is 2.33. The first-order chi connectivity index (χ1) is 17.3. The topological polar surface area (TPSA) is 95.8 Å². The average Bonchev–Trinajstić information content (AvgIpc) is 3.24. The number of carbonyl (C=O) groups is 1. The van der Waals surface area contributed by atoms with Gasteiger partial charge in [0.15, 0.2) is 0 Å². The summed E-state index contributed by atoms with van der Waals surface area (Å²) in [5.74, 6) is -0.198. The van der Waals surface area contributed by atoms with Crippen LogP contribution in [0.2, 0.25) is 5.02 Å². The molecule has 2 aliphatic heterocycles. The molecule has 2 saturated heterocycles. The zero-order valence-corrected chi connectivity index (χ0v) is 22.4. The monoisotopic (exact) mass is 549 g/mol. The molecule has 1 aromatic carbocycles. The summed E-state index contributed by atoms with van der Waals surface area (Å²) in [6.45, 7) is 4.76. The number of nitrogens with zero attached hydrogens (tertiary/aromatic N) is 5. The highest BCUT2D eigenvalue weighted by Crippen LogP contribution is 2.33. The number of hydrogen-bond acceptors (Lipinski definition) is 7. The van der Waals surface area contributed by atoms with Gasteiger partial charge in [-0.2, -0.15) is 4.31 Å². The van der Waals surface area contributed by atoms with Gasteiger partial charge in [-0.3, -0.25) is 14.2 Å². The number of amides is 1. The molecule has 0 saturated carbocycles. The van der Waals surface area contributed by atoms with E-state index in [1.165, 1.54) is 26.5 Å². The fraction of sp³-hybridized carbons (Fsp3) is 0.458. The van der Waals surface area contributed by atoms with E-state index >= 15 is 0 Å². The number of fused-ring (bicyclic) bond motifs is 1. The van der Waals surface area contributed by atoms with Gasteiger partial charge in [-0.05, 0) is 38.0 Å². The van der Waals surface area contributed by atoms with E-state index in [0.717, 1.165) is 24.9 Å². The van der Waals surface area contributed by atoms with Crippen LogP contribution in [0.1, 0.15) is 24.1 Å². The number of rotatable bonds is 5. The maximum Gasteiger partial charge on any atom is 0.263 e. The smallest absolute Gasteiger partial charge is 0.263 e. The predicted molar refractivity (Wildman–Crippen MR) is 141 cm³/mol. The van der Waals surface area contributed by atoms with Gasteiger partial charge < -0.3 is 9.80 Å². The van der Waals surface area contributed by atoms with Gasteiger partial charge in [0, 0.05) is 54.9 Å². The summed E-state index contributed by atoms with van der Waals surface area (Å²) < 4.78 is 29.6. The van der Waals surface area contributed by atoms with Crippen LogP contribution < -0.4 is 10.5 Å². The highest BCUT2D eigenvalue weighted by atomic mass is 35.5. The van der Waals surface area contributed by atoms with E-state index in [0.29, 0.717) is 54.0 Å². The Labute approximate surface area is 218 Å². The van der Waals surface area contributed by atoms with Crippen LogP contribution in [0.15, 0.2) is 40.3 Å². The summed E-state index contributed by atoms with van der Waals surface area (Å²) >= 11 is 7.30. The first-order valence-electron chi connectivity index (χ1n) is 12.0. The van der Waals surface area contributed by atoms with Crippen molar-refractivity contribution in [1.82, 2.24) is 18.8 Å². The molecule has 0 spiro atoms. The van der Waals surface area contributed by atoms with Crippen molar-refractivity contribution in [3.63, 3.8) is 0 Å². The molecule has 192 valence electrons. The molecule has 12 heteroatoms. The molecule has 0 aliphatic carbocycles. The molecule has 0 bridgehead atoms. The van der Waals surface area contributed by atoms with E-state index in [1.54, 1.807) is 11.8 Å². The zero-order chi connectivity index (χ0) is 25.4. The first-order valence-corrected chi connectivity index (χ1v) is 14.7. The van der Waals surface area contributed by atoms with Crippen LogP contribution >= 0.6 is 22.9 Å². The van der Waals surface area contributed by atoms with Crippen LogP contribution in [0.25, 0.3) is 10.2 Å². The summed E-state index contributed by atoms with van der Waals surface area (Å²) in [6, 6.07) is 7.61. The summed E-state index contributed by atoms with van der Waals surface area (Å²) in [4.78, 5) is 35.7. The minimum atomic E-state index is -3.82. The third kappa shape index (κ3) is 4.77. The van der Waals surface area contributed by atoms with Crippen molar-refractivity contribution in [2.75, 3.05) is 44.2 Å². The number of hydrogen-bond donors (Lipinski definition) is 0. The summed E-state index contributed by atoms with van der Waals surface area (Å²) in [7, 11) is -3.82. The summed E-state index contributed by atoms with van der Waals surface area (Å²) in [5.41, 5.74) is 0.515. The molecular weight excluding hydrogens is 522 g/mol. The predicted octanol–water partition coefficient (Wildman–Crippen LogP) is 2.94. The zero-order valence-electron chi connectivity index (χ0n) is 20.0. The van der Waals surface area contributed by atoms with E-state index in [2.05, 4.69) is 9.88 Å². The quantitative estimate of drug-likeness (QED) is 0.485. The Hall–Kier alpha value is -2.47. The van der Waals surface area contributed by atoms with Gasteiger partial charge in [0.1, 0.15) is 16.3 Å². The van der Waals surface area contributed by atoms with E-state index in [4.69, 9.17) is 11.6 Å². The third-order valence-electron chi connectivity index (χ3n) is 6.82. The standard InChI is InChI=1S/C24H28ClN5O4S2/c1-17-22(36(33,34)30-8-3-2-4-9-30)21-23(35-17)26-16-29(24(21)32)15-20(31)28-12-10-27(11-13-28)19-7-5-6-18(25)14-19/h5-7,14,16H,2-4,8-13,15H2,1H3. The number of sulfonamides is 1. The lowest BCUT2D eigenvalue weighted by molar-refractivity contribution is -0.132. The third-order valence-corrected chi connectivity index (χ3v) is 10.3. The van der Waals surface area contributed by atoms with Gasteiger partial charge in [0.25, 0.3) is 5.56 Å². The molecule has 0 unspecified atom stereocenters. The Balaban J connectivity index is 1.36. The van der Waals surface area contributed by atoms with Crippen molar-refractivity contribution in [2.45, 2.75) is 37.6 Å². The molecule has 2 fully saturated rings. The molecule has 0 atom stereocenters. The molecule has 9 nitrogen and oxygen atoms in total. The van der Waals surface area contributed by atoms with Crippen LogP contribution in [0.3, 0.4) is 0 Å². The number of anilines is 1. The molecule has 1 amide bonds. The van der Waals surface area contributed by atoms with Crippen molar-refractivity contribution in [1.29, 1.82) is 0 Å². The van der Waals surface area contributed by atoms with E-state index in [9.17, 15) is 18.0 Å². The van der Waals surface area contributed by atoms with Crippen LogP contribution in [0.4, 0.5) is 5.69 Å². The van der Waals surface area contributed by atoms with Crippen LogP contribution in [0, 0.1) is 6.92 Å². The number of aromatic nitrogens is 2. The number of thiophene rings is 1. The molecule has 4 heterocycles. The lowest BCUT2D eigenvalue weighted by atomic mass is 10.2. The lowest BCUT2D eigenvalue weighted by Gasteiger charge is -2.36. The second kappa shape index (κ2) is 10.1. The number of halogens is 1. The van der Waals surface area contributed by atoms with Crippen LogP contribution in [0.5, 0.6) is 0 Å². The SMILES string of the molecule is Cc1sc2ncn(CC(=O)N3CCN(c4cccc(Cl)c4)CC3)c(=O)c2c1S(=O)(=O)N1CCCCC1. The van der Waals surface area contributed by atoms with Crippen molar-refractivity contribution >= 4 is 54.8 Å². The van der Waals surface area contributed by atoms with Crippen molar-refractivity contribution < 1.29 is 13.2 Å². The average molecular weight is 550 g/mol. The van der Waals surface area contributed by atoms with E-state index in [1.807, 2.05) is 24.3 Å². The Kier molecular flexibility index (Phi) is 7.08. The molecule has 2 aromatic heterocycles. The van der Waals surface area contributed by atoms with Gasteiger partial charge in [-0.1, -0.05) is 24.1 Å². The fourth-order valence-electron chi connectivity index (χ4n) is 4.90. The number of benzene rings is 1. The van der Waals surface area contributed by atoms with Gasteiger partial charge >= 0.3 is 0 Å². The van der Waals surface area contributed by atoms with Gasteiger partial charge in [-0.15, -0.1) is 11.3 Å². The van der Waals surface area contributed by atoms with Crippen LogP contribution in [-0.4, -0.2) is 72.3 Å². The van der Waals surface area contributed by atoms with Crippen molar-refractivity contribution in [2.24, 2.45) is 0 Å². The van der Waals surface area contributed by atoms with Crippen molar-refractivity contribution in [3.8, 4) is 0 Å². The van der Waals surface area contributed by atoms with Gasteiger partial charge in [0.05, 0.1) is 11.7 Å². The number of aryl methyl sites for hydroxylation is 1. The number of carbonyl (C=O) groups excluding carboxylic acids is 1. The van der Waals surface area contributed by atoms with Gasteiger partial charge in [0.2, 0.25) is 15.9 Å². The number of piperidine rings is 1. The Morgan fingerprint density at radius 1 is 1.08 bits per heavy atom. The fourth-order valence-corrected chi connectivity index (χ4v) is 8.27. The largest absolute Gasteiger partial charge is 0.368 e. The molecular formula is C24H28ClN5O4S2. The minimum Gasteiger partial charge on any atom is -0.368 e. The second-order valence-electron chi connectivity index (χ2n) is 9.16.